The molecule has 0 saturated heterocycles. The maximum Gasteiger partial charge on any atom is 0.143 e. The number of rotatable bonds is 7. The Balaban J connectivity index is 1.10. The minimum atomic E-state index is 0.803. The van der Waals surface area contributed by atoms with Crippen LogP contribution >= 0.6 is 0 Å². The molecule has 0 aliphatic carbocycles. The van der Waals surface area contributed by atoms with E-state index >= 15 is 0 Å². The van der Waals surface area contributed by atoms with Gasteiger partial charge in [0.15, 0.2) is 0 Å². The molecule has 2 nitrogen and oxygen atoms in total. The minimum absolute atomic E-state index is 0.803. The fourth-order valence-corrected chi connectivity index (χ4v) is 8.66. The van der Waals surface area contributed by atoms with Crippen LogP contribution in [0.4, 0.5) is 17.1 Å². The average molecular weight is 766 g/mol. The van der Waals surface area contributed by atoms with E-state index in [1.165, 1.54) is 38.6 Å². The quantitative estimate of drug-likeness (QED) is 0.160. The van der Waals surface area contributed by atoms with Gasteiger partial charge in [0.05, 0.1) is 0 Å². The van der Waals surface area contributed by atoms with E-state index in [1.807, 2.05) is 0 Å². The topological polar surface area (TPSA) is 12.5 Å². The van der Waals surface area contributed by atoms with Gasteiger partial charge in [-0.1, -0.05) is 182 Å². The molecule has 1 heterocycles. The standard InChI is InChI=1S/C58H39NO/c1-4-14-40(15-5-1)43-26-30-49(31-27-43)59(50-32-28-42-18-10-11-21-47(42)37-50)51-33-35-54-56-38-48(46-23-12-22-45(36-46)41-16-6-2-7-17-41)29-34-53(56)55-25-13-24-52(44-19-8-3-9-20-44)58(55)60-57(54)39-51/h1-39H. The first kappa shape index (κ1) is 35.2. The monoisotopic (exact) mass is 765 g/mol. The lowest BCUT2D eigenvalue weighted by molar-refractivity contribution is 0.489. The highest BCUT2D eigenvalue weighted by atomic mass is 16.5. The fraction of sp³-hybridized carbons (Fsp3) is 0. The molecule has 282 valence electrons. The van der Waals surface area contributed by atoms with Gasteiger partial charge < -0.3 is 9.64 Å². The van der Waals surface area contributed by atoms with Gasteiger partial charge in [-0.15, -0.1) is 0 Å². The van der Waals surface area contributed by atoms with Crippen molar-refractivity contribution >= 4 is 27.8 Å². The summed E-state index contributed by atoms with van der Waals surface area (Å²) in [7, 11) is 0. The number of ether oxygens (including phenoxy) is 1. The molecule has 0 saturated carbocycles. The van der Waals surface area contributed by atoms with Crippen LogP contribution in [0.3, 0.4) is 0 Å². The Morgan fingerprint density at radius 3 is 1.50 bits per heavy atom. The van der Waals surface area contributed by atoms with Gasteiger partial charge in [-0.05, 0) is 109 Å². The van der Waals surface area contributed by atoms with Crippen LogP contribution in [0.15, 0.2) is 237 Å². The molecule has 0 N–H and O–H groups in total. The molecule has 0 atom stereocenters. The van der Waals surface area contributed by atoms with Gasteiger partial charge in [0.25, 0.3) is 0 Å². The maximum atomic E-state index is 7.28. The molecule has 60 heavy (non-hydrogen) atoms. The highest BCUT2D eigenvalue weighted by Crippen LogP contribution is 2.52. The van der Waals surface area contributed by atoms with Crippen LogP contribution in [0.1, 0.15) is 0 Å². The Morgan fingerprint density at radius 1 is 0.250 bits per heavy atom. The second kappa shape index (κ2) is 15.1. The molecule has 0 spiro atoms. The van der Waals surface area contributed by atoms with Gasteiger partial charge in [0.1, 0.15) is 11.5 Å². The van der Waals surface area contributed by atoms with Crippen LogP contribution in [-0.4, -0.2) is 0 Å². The van der Waals surface area contributed by atoms with Crippen LogP contribution in [-0.2, 0) is 0 Å². The SMILES string of the molecule is c1ccc(-c2ccc(N(c3ccc4c(c3)Oc3c(-c5ccccc5)cccc3-c3ccc(-c5cccc(-c6ccccc6)c5)cc3-4)c3ccc4ccccc4c3)cc2)cc1. The predicted molar refractivity (Wildman–Crippen MR) is 251 cm³/mol. The van der Waals surface area contributed by atoms with Crippen molar-refractivity contribution < 1.29 is 4.74 Å². The molecule has 0 amide bonds. The third-order valence-corrected chi connectivity index (χ3v) is 11.7. The number of para-hydroxylation sites is 1. The molecule has 0 aromatic heterocycles. The zero-order chi connectivity index (χ0) is 39.8. The van der Waals surface area contributed by atoms with Crippen molar-refractivity contribution in [2.45, 2.75) is 0 Å². The van der Waals surface area contributed by atoms with Crippen molar-refractivity contribution in [2.75, 3.05) is 4.90 Å². The third-order valence-electron chi connectivity index (χ3n) is 11.7. The summed E-state index contributed by atoms with van der Waals surface area (Å²) < 4.78 is 7.28. The van der Waals surface area contributed by atoms with E-state index in [0.29, 0.717) is 0 Å². The normalized spacial score (nSPS) is 11.5. The van der Waals surface area contributed by atoms with Crippen LogP contribution in [0.2, 0.25) is 0 Å². The predicted octanol–water partition coefficient (Wildman–Crippen LogP) is 16.4. The molecular formula is C58H39NO. The third kappa shape index (κ3) is 6.51. The number of nitrogens with zero attached hydrogens (tertiary/aromatic N) is 1. The van der Waals surface area contributed by atoms with Crippen LogP contribution in [0, 0.1) is 0 Å². The van der Waals surface area contributed by atoms with Crippen molar-refractivity contribution in [3.8, 4) is 78.3 Å². The highest BCUT2D eigenvalue weighted by Gasteiger charge is 2.26. The lowest BCUT2D eigenvalue weighted by atomic mass is 9.89. The average Bonchev–Trinajstić information content (AvgIpc) is 3.46. The van der Waals surface area contributed by atoms with Crippen molar-refractivity contribution in [1.29, 1.82) is 0 Å². The molecule has 1 aliphatic heterocycles. The second-order valence-corrected chi connectivity index (χ2v) is 15.3. The lowest BCUT2D eigenvalue weighted by Crippen LogP contribution is -2.10. The Kier molecular flexibility index (Phi) is 8.87. The summed E-state index contributed by atoms with van der Waals surface area (Å²) in [5, 5.41) is 2.39. The molecule has 0 fully saturated rings. The smallest absolute Gasteiger partial charge is 0.143 e. The molecule has 11 rings (SSSR count). The summed E-state index contributed by atoms with van der Waals surface area (Å²) in [6, 6.07) is 84.7. The zero-order valence-electron chi connectivity index (χ0n) is 32.9. The van der Waals surface area contributed by atoms with Crippen LogP contribution < -0.4 is 9.64 Å². The molecular weight excluding hydrogens is 727 g/mol. The summed E-state index contributed by atoms with van der Waals surface area (Å²) in [5.74, 6) is 1.65. The number of hydrogen-bond donors (Lipinski definition) is 0. The Morgan fingerprint density at radius 2 is 0.750 bits per heavy atom. The molecule has 2 heteroatoms. The number of fused-ring (bicyclic) bond motifs is 6. The van der Waals surface area contributed by atoms with E-state index < -0.39 is 0 Å². The van der Waals surface area contributed by atoms with Crippen molar-refractivity contribution in [3.63, 3.8) is 0 Å². The molecule has 0 radical (unpaired) electrons. The van der Waals surface area contributed by atoms with Gasteiger partial charge in [0.2, 0.25) is 0 Å². The van der Waals surface area contributed by atoms with Gasteiger partial charge in [-0.25, -0.2) is 0 Å². The second-order valence-electron chi connectivity index (χ2n) is 15.3. The Bertz CT molecular complexity index is 3150. The lowest BCUT2D eigenvalue weighted by Gasteiger charge is -2.27. The van der Waals surface area contributed by atoms with Gasteiger partial charge in [-0.3, -0.25) is 0 Å². The van der Waals surface area contributed by atoms with E-state index in [4.69, 9.17) is 4.74 Å². The fourth-order valence-electron chi connectivity index (χ4n) is 8.66. The summed E-state index contributed by atoms with van der Waals surface area (Å²) in [6.07, 6.45) is 0. The Labute approximate surface area is 350 Å². The number of hydrogen-bond acceptors (Lipinski definition) is 2. The van der Waals surface area contributed by atoms with Gasteiger partial charge in [-0.2, -0.15) is 0 Å². The molecule has 0 unspecified atom stereocenters. The number of benzene rings is 10. The molecule has 10 aromatic carbocycles. The first-order valence-corrected chi connectivity index (χ1v) is 20.5. The largest absolute Gasteiger partial charge is 0.455 e. The van der Waals surface area contributed by atoms with E-state index in [9.17, 15) is 0 Å². The summed E-state index contributed by atoms with van der Waals surface area (Å²) in [4.78, 5) is 2.34. The minimum Gasteiger partial charge on any atom is -0.455 e. The Hall–Kier alpha value is -7.94. The van der Waals surface area contributed by atoms with Gasteiger partial charge >= 0.3 is 0 Å². The summed E-state index contributed by atoms with van der Waals surface area (Å²) >= 11 is 0. The van der Waals surface area contributed by atoms with E-state index in [2.05, 4.69) is 241 Å². The van der Waals surface area contributed by atoms with E-state index in [1.54, 1.807) is 0 Å². The van der Waals surface area contributed by atoms with E-state index in [0.717, 1.165) is 67.5 Å². The first-order valence-electron chi connectivity index (χ1n) is 20.5. The van der Waals surface area contributed by atoms with Crippen molar-refractivity contribution in [3.05, 3.63) is 237 Å². The van der Waals surface area contributed by atoms with Crippen molar-refractivity contribution in [1.82, 2.24) is 0 Å². The van der Waals surface area contributed by atoms with Crippen LogP contribution in [0.5, 0.6) is 11.5 Å². The first-order chi connectivity index (χ1) is 29.7. The summed E-state index contributed by atoms with van der Waals surface area (Å²) in [5.41, 5.74) is 16.8. The van der Waals surface area contributed by atoms with Gasteiger partial charge in [0, 0.05) is 39.8 Å². The van der Waals surface area contributed by atoms with Crippen molar-refractivity contribution in [2.24, 2.45) is 0 Å². The van der Waals surface area contributed by atoms with Crippen LogP contribution in [0.25, 0.3) is 77.5 Å². The molecule has 10 aromatic rings. The highest BCUT2D eigenvalue weighted by molar-refractivity contribution is 5.97. The maximum absolute atomic E-state index is 7.28. The molecule has 0 bridgehead atoms. The summed E-state index contributed by atoms with van der Waals surface area (Å²) in [6.45, 7) is 0. The number of anilines is 3. The zero-order valence-corrected chi connectivity index (χ0v) is 32.9. The van der Waals surface area contributed by atoms with E-state index in [-0.39, 0.29) is 0 Å². The molecule has 1 aliphatic rings.